The Morgan fingerprint density at radius 1 is 0.406 bits per heavy atom. The molecule has 0 bridgehead atoms. The summed E-state index contributed by atoms with van der Waals surface area (Å²) in [5, 5.41) is 6.91. The largest absolute Gasteiger partial charge is 0.455 e. The van der Waals surface area contributed by atoms with Crippen LogP contribution in [-0.4, -0.2) is 4.57 Å². The second-order valence-corrected chi connectivity index (χ2v) is 17.7. The van der Waals surface area contributed by atoms with E-state index >= 15 is 0 Å². The third-order valence-electron chi connectivity index (χ3n) is 13.8. The highest BCUT2D eigenvalue weighted by atomic mass is 16.3. The van der Waals surface area contributed by atoms with Crippen molar-refractivity contribution in [2.24, 2.45) is 0 Å². The highest BCUT2D eigenvalue weighted by Crippen LogP contribution is 2.51. The Morgan fingerprint density at radius 2 is 1.03 bits per heavy atom. The van der Waals surface area contributed by atoms with Crippen LogP contribution >= 0.6 is 0 Å². The fourth-order valence-electron chi connectivity index (χ4n) is 10.7. The average molecular weight is 819 g/mol. The fourth-order valence-corrected chi connectivity index (χ4v) is 10.7. The number of nitrogens with zero attached hydrogens (tertiary/aromatic N) is 2. The van der Waals surface area contributed by atoms with Crippen LogP contribution in [0.5, 0.6) is 0 Å². The van der Waals surface area contributed by atoms with Gasteiger partial charge in [-0.15, -0.1) is 0 Å². The van der Waals surface area contributed by atoms with Gasteiger partial charge >= 0.3 is 0 Å². The van der Waals surface area contributed by atoms with Gasteiger partial charge in [-0.2, -0.15) is 0 Å². The molecule has 1 aliphatic carbocycles. The first-order valence-corrected chi connectivity index (χ1v) is 22.2. The van der Waals surface area contributed by atoms with E-state index in [0.717, 1.165) is 66.7 Å². The minimum absolute atomic E-state index is 0.110. The lowest BCUT2D eigenvalue weighted by Gasteiger charge is -2.28. The van der Waals surface area contributed by atoms with Crippen molar-refractivity contribution in [3.8, 4) is 39.1 Å². The molecule has 13 rings (SSSR count). The SMILES string of the molecule is CC1(C)c2ccccc2-c2ccc(N(c3ccccc3)c3ccc(-c4cc5c6ccccc6oc5c5c6ccc7ccccc7c6n(-c6ccc(-c7ccccc7)cc6)c45)cc3)cc21. The summed E-state index contributed by atoms with van der Waals surface area (Å²) in [6.07, 6.45) is 0. The minimum atomic E-state index is -0.110. The van der Waals surface area contributed by atoms with E-state index in [0.29, 0.717) is 0 Å². The molecular weight excluding hydrogens is 777 g/mol. The number of fused-ring (bicyclic) bond motifs is 12. The molecule has 0 fully saturated rings. The van der Waals surface area contributed by atoms with Crippen molar-refractivity contribution in [1.82, 2.24) is 4.57 Å². The number of aromatic nitrogens is 1. The number of rotatable bonds is 6. The lowest BCUT2D eigenvalue weighted by molar-refractivity contribution is 0.660. The first-order chi connectivity index (χ1) is 31.5. The Kier molecular flexibility index (Phi) is 7.95. The molecule has 0 saturated carbocycles. The molecule has 12 aromatic rings. The van der Waals surface area contributed by atoms with Crippen LogP contribution in [0.25, 0.3) is 93.6 Å². The molecule has 302 valence electrons. The Morgan fingerprint density at radius 3 is 1.84 bits per heavy atom. The van der Waals surface area contributed by atoms with Crippen LogP contribution in [0, 0.1) is 0 Å². The monoisotopic (exact) mass is 818 g/mol. The molecule has 0 amide bonds. The van der Waals surface area contributed by atoms with Gasteiger partial charge in [-0.1, -0.05) is 172 Å². The predicted octanol–water partition coefficient (Wildman–Crippen LogP) is 16.9. The van der Waals surface area contributed by atoms with Gasteiger partial charge in [0.15, 0.2) is 0 Å². The van der Waals surface area contributed by atoms with Gasteiger partial charge in [-0.25, -0.2) is 0 Å². The second kappa shape index (κ2) is 13.9. The summed E-state index contributed by atoms with van der Waals surface area (Å²) in [6, 6.07) is 79.6. The average Bonchev–Trinajstić information content (AvgIpc) is 3.98. The topological polar surface area (TPSA) is 21.3 Å². The van der Waals surface area contributed by atoms with Crippen molar-refractivity contribution < 1.29 is 4.42 Å². The van der Waals surface area contributed by atoms with Crippen molar-refractivity contribution >= 4 is 71.6 Å². The van der Waals surface area contributed by atoms with Gasteiger partial charge in [0.1, 0.15) is 11.2 Å². The molecule has 3 nitrogen and oxygen atoms in total. The van der Waals surface area contributed by atoms with Crippen LogP contribution in [-0.2, 0) is 5.41 Å². The van der Waals surface area contributed by atoms with Gasteiger partial charge in [-0.3, -0.25) is 0 Å². The number of anilines is 3. The third-order valence-corrected chi connectivity index (χ3v) is 13.8. The molecular formula is C61H42N2O. The molecule has 2 aromatic heterocycles. The molecule has 0 atom stereocenters. The zero-order valence-electron chi connectivity index (χ0n) is 35.6. The summed E-state index contributed by atoms with van der Waals surface area (Å²) in [5.74, 6) is 0. The van der Waals surface area contributed by atoms with Gasteiger partial charge in [0, 0.05) is 55.3 Å². The van der Waals surface area contributed by atoms with E-state index in [1.807, 2.05) is 0 Å². The number of furan rings is 1. The normalized spacial score (nSPS) is 13.0. The third kappa shape index (κ3) is 5.41. The lowest BCUT2D eigenvalue weighted by Crippen LogP contribution is -2.16. The smallest absolute Gasteiger partial charge is 0.145 e. The van der Waals surface area contributed by atoms with E-state index < -0.39 is 0 Å². The number of para-hydroxylation sites is 2. The van der Waals surface area contributed by atoms with E-state index in [4.69, 9.17) is 4.42 Å². The summed E-state index contributed by atoms with van der Waals surface area (Å²) in [5.41, 5.74) is 18.5. The molecule has 0 unspecified atom stereocenters. The molecule has 0 aliphatic heterocycles. The van der Waals surface area contributed by atoms with Gasteiger partial charge in [-0.05, 0) is 105 Å². The standard InChI is InChI=1S/C61H42N2O/c1-61(2)54-23-13-11-21-48(54)49-36-34-46(37-55(49)61)62(43-18-7-4-8-19-43)44-32-27-42(28-33-44)52-38-53-50-22-12-14-24-56(50)64-60(53)57-51-35-29-41-17-9-10-20-47(41)58(51)63(59(52)57)45-30-25-40(26-31-45)39-15-5-3-6-16-39/h3-38H,1-2H3. The van der Waals surface area contributed by atoms with Crippen molar-refractivity contribution in [3.63, 3.8) is 0 Å². The van der Waals surface area contributed by atoms with Crippen molar-refractivity contribution in [1.29, 1.82) is 0 Å². The quantitative estimate of drug-likeness (QED) is 0.167. The molecule has 0 spiro atoms. The van der Waals surface area contributed by atoms with E-state index in [2.05, 4.69) is 242 Å². The summed E-state index contributed by atoms with van der Waals surface area (Å²) in [6.45, 7) is 4.70. The molecule has 2 heterocycles. The Hall–Kier alpha value is -8.14. The molecule has 1 aliphatic rings. The molecule has 0 radical (unpaired) electrons. The first-order valence-electron chi connectivity index (χ1n) is 22.2. The number of benzene rings is 10. The van der Waals surface area contributed by atoms with Gasteiger partial charge < -0.3 is 13.9 Å². The lowest BCUT2D eigenvalue weighted by atomic mass is 9.82. The summed E-state index contributed by atoms with van der Waals surface area (Å²) >= 11 is 0. The maximum atomic E-state index is 6.90. The maximum absolute atomic E-state index is 6.90. The zero-order valence-corrected chi connectivity index (χ0v) is 35.6. The zero-order chi connectivity index (χ0) is 42.5. The first kappa shape index (κ1) is 36.5. The van der Waals surface area contributed by atoms with Crippen LogP contribution in [0.15, 0.2) is 223 Å². The van der Waals surface area contributed by atoms with E-state index in [9.17, 15) is 0 Å². The summed E-state index contributed by atoms with van der Waals surface area (Å²) < 4.78 is 9.38. The molecule has 0 N–H and O–H groups in total. The molecule has 64 heavy (non-hydrogen) atoms. The van der Waals surface area contributed by atoms with Crippen LogP contribution in [0.1, 0.15) is 25.0 Å². The number of hydrogen-bond acceptors (Lipinski definition) is 2. The predicted molar refractivity (Wildman–Crippen MR) is 269 cm³/mol. The van der Waals surface area contributed by atoms with Gasteiger partial charge in [0.25, 0.3) is 0 Å². The van der Waals surface area contributed by atoms with Gasteiger partial charge in [0.2, 0.25) is 0 Å². The van der Waals surface area contributed by atoms with Crippen LogP contribution in [0.4, 0.5) is 17.1 Å². The van der Waals surface area contributed by atoms with E-state index in [-0.39, 0.29) is 5.41 Å². The van der Waals surface area contributed by atoms with E-state index in [1.54, 1.807) is 0 Å². The Bertz CT molecular complexity index is 3780. The highest BCUT2D eigenvalue weighted by molar-refractivity contribution is 6.30. The molecule has 10 aromatic carbocycles. The van der Waals surface area contributed by atoms with Gasteiger partial charge in [0.05, 0.1) is 16.4 Å². The Labute approximate surface area is 371 Å². The maximum Gasteiger partial charge on any atom is 0.145 e. The summed E-state index contributed by atoms with van der Waals surface area (Å²) in [4.78, 5) is 2.39. The van der Waals surface area contributed by atoms with Crippen LogP contribution < -0.4 is 4.90 Å². The van der Waals surface area contributed by atoms with Crippen molar-refractivity contribution in [2.75, 3.05) is 4.90 Å². The van der Waals surface area contributed by atoms with Crippen LogP contribution in [0.2, 0.25) is 0 Å². The Balaban J connectivity index is 1.05. The fraction of sp³-hybridized carbons (Fsp3) is 0.0492. The molecule has 0 saturated heterocycles. The minimum Gasteiger partial charge on any atom is -0.455 e. The second-order valence-electron chi connectivity index (χ2n) is 17.7. The summed E-state index contributed by atoms with van der Waals surface area (Å²) in [7, 11) is 0. The van der Waals surface area contributed by atoms with Crippen molar-refractivity contribution in [2.45, 2.75) is 19.3 Å². The van der Waals surface area contributed by atoms with E-state index in [1.165, 1.54) is 55.1 Å². The van der Waals surface area contributed by atoms with Crippen LogP contribution in [0.3, 0.4) is 0 Å². The molecule has 3 heteroatoms. The highest BCUT2D eigenvalue weighted by Gasteiger charge is 2.36. The number of hydrogen-bond donors (Lipinski definition) is 0. The van der Waals surface area contributed by atoms with Crippen molar-refractivity contribution in [3.05, 3.63) is 230 Å².